The first-order chi connectivity index (χ1) is 21.1. The number of nitrogens with one attached hydrogen (secondary N) is 3. The topological polar surface area (TPSA) is 160 Å². The maximum absolute atomic E-state index is 14.3. The Morgan fingerprint density at radius 2 is 1.89 bits per heavy atom. The minimum Gasteiger partial charge on any atom is -0.463 e. The van der Waals surface area contributed by atoms with Crippen LogP contribution in [-0.2, 0) is 23.9 Å². The number of amides is 4. The highest BCUT2D eigenvalue weighted by atomic mass is 16.5. The van der Waals surface area contributed by atoms with Gasteiger partial charge in [-0.2, -0.15) is 0 Å². The van der Waals surface area contributed by atoms with E-state index in [9.17, 15) is 24.0 Å². The Morgan fingerprint density at radius 3 is 2.50 bits per heavy atom. The van der Waals surface area contributed by atoms with E-state index in [1.54, 1.807) is 18.7 Å². The Bertz CT molecular complexity index is 1370. The fourth-order valence-electron chi connectivity index (χ4n) is 5.77. The summed E-state index contributed by atoms with van der Waals surface area (Å²) < 4.78 is 10.0. The van der Waals surface area contributed by atoms with E-state index in [0.29, 0.717) is 31.6 Å². The summed E-state index contributed by atoms with van der Waals surface area (Å²) in [6.45, 7) is 7.76. The Morgan fingerprint density at radius 1 is 1.14 bits per heavy atom. The van der Waals surface area contributed by atoms with Gasteiger partial charge in [-0.05, 0) is 51.0 Å². The van der Waals surface area contributed by atoms with Gasteiger partial charge in [-0.3, -0.25) is 19.2 Å². The Hall–Kier alpha value is -4.48. The van der Waals surface area contributed by atoms with Gasteiger partial charge in [-0.1, -0.05) is 55.4 Å². The van der Waals surface area contributed by atoms with E-state index in [4.69, 9.17) is 9.26 Å². The van der Waals surface area contributed by atoms with Crippen LogP contribution in [0.2, 0.25) is 0 Å². The van der Waals surface area contributed by atoms with Crippen LogP contribution in [0, 0.1) is 18.8 Å². The van der Waals surface area contributed by atoms with Crippen molar-refractivity contribution in [1.29, 1.82) is 0 Å². The van der Waals surface area contributed by atoms with Crippen LogP contribution in [0.1, 0.15) is 74.3 Å². The second-order valence-corrected chi connectivity index (χ2v) is 11.5. The summed E-state index contributed by atoms with van der Waals surface area (Å²) in [6.07, 6.45) is 4.61. The van der Waals surface area contributed by atoms with Crippen molar-refractivity contribution in [3.05, 3.63) is 65.6 Å². The molecule has 2 saturated heterocycles. The first kappa shape index (κ1) is 32.4. The molecule has 0 saturated carbocycles. The lowest BCUT2D eigenvalue weighted by atomic mass is 9.97. The van der Waals surface area contributed by atoms with Crippen LogP contribution in [0.5, 0.6) is 0 Å². The van der Waals surface area contributed by atoms with Crippen molar-refractivity contribution in [3.63, 3.8) is 0 Å². The minimum atomic E-state index is -0.944. The van der Waals surface area contributed by atoms with Crippen molar-refractivity contribution in [3.8, 4) is 0 Å². The monoisotopic (exact) mass is 607 g/mol. The Kier molecular flexibility index (Phi) is 10.9. The van der Waals surface area contributed by atoms with Crippen LogP contribution >= 0.6 is 0 Å². The van der Waals surface area contributed by atoms with Crippen molar-refractivity contribution in [1.82, 2.24) is 26.0 Å². The van der Waals surface area contributed by atoms with E-state index in [1.807, 2.05) is 44.2 Å². The molecule has 4 rings (SSSR count). The molecule has 3 N–H and O–H groups in total. The molecule has 2 aliphatic rings. The second kappa shape index (κ2) is 14.8. The van der Waals surface area contributed by atoms with Crippen LogP contribution in [-0.4, -0.2) is 70.9 Å². The number of carbonyl (C=O) groups excluding carboxylic acids is 5. The number of nitrogens with zero attached hydrogens (tertiary/aromatic N) is 2. The van der Waals surface area contributed by atoms with E-state index in [2.05, 4.69) is 21.1 Å². The highest BCUT2D eigenvalue weighted by molar-refractivity contribution is 5.97. The predicted molar refractivity (Wildman–Crippen MR) is 160 cm³/mol. The third-order valence-corrected chi connectivity index (χ3v) is 7.99. The molecular weight excluding hydrogens is 566 g/mol. The lowest BCUT2D eigenvalue weighted by Gasteiger charge is -2.35. The van der Waals surface area contributed by atoms with E-state index in [-0.39, 0.29) is 36.5 Å². The molecule has 4 amide bonds. The van der Waals surface area contributed by atoms with Gasteiger partial charge in [-0.15, -0.1) is 0 Å². The third-order valence-electron chi connectivity index (χ3n) is 7.99. The minimum absolute atomic E-state index is 0.0588. The molecule has 0 spiro atoms. The summed E-state index contributed by atoms with van der Waals surface area (Å²) in [7, 11) is 0. The maximum Gasteiger partial charge on any atom is 0.330 e. The predicted octanol–water partition coefficient (Wildman–Crippen LogP) is 2.60. The molecule has 0 aliphatic carbocycles. The second-order valence-electron chi connectivity index (χ2n) is 11.5. The summed E-state index contributed by atoms with van der Waals surface area (Å²) in [6, 6.07) is 8.11. The van der Waals surface area contributed by atoms with Gasteiger partial charge >= 0.3 is 5.97 Å². The zero-order valence-electron chi connectivity index (χ0n) is 25.6. The summed E-state index contributed by atoms with van der Waals surface area (Å²) in [5.41, 5.74) is 0.932. The molecule has 0 bridgehead atoms. The number of likely N-dealkylation sites (tertiary alicyclic amines) is 1. The molecule has 2 fully saturated rings. The molecular formula is C32H41N5O7. The zero-order chi connectivity index (χ0) is 31.8. The number of hydrogen-bond donors (Lipinski definition) is 3. The maximum atomic E-state index is 14.3. The van der Waals surface area contributed by atoms with Crippen LogP contribution < -0.4 is 16.0 Å². The van der Waals surface area contributed by atoms with Crippen LogP contribution in [0.15, 0.2) is 53.1 Å². The first-order valence-corrected chi connectivity index (χ1v) is 15.1. The number of benzene rings is 1. The summed E-state index contributed by atoms with van der Waals surface area (Å²) in [5, 5.41) is 12.4. The summed E-state index contributed by atoms with van der Waals surface area (Å²) >= 11 is 0. The van der Waals surface area contributed by atoms with Gasteiger partial charge in [0.05, 0.1) is 12.6 Å². The van der Waals surface area contributed by atoms with Crippen molar-refractivity contribution in [2.24, 2.45) is 11.8 Å². The van der Waals surface area contributed by atoms with Crippen molar-refractivity contribution in [2.45, 2.75) is 77.5 Å². The Labute approximate surface area is 256 Å². The van der Waals surface area contributed by atoms with Gasteiger partial charge < -0.3 is 30.1 Å². The number of carbonyl (C=O) groups is 5. The molecule has 236 valence electrons. The van der Waals surface area contributed by atoms with Crippen LogP contribution in [0.3, 0.4) is 0 Å². The van der Waals surface area contributed by atoms with E-state index in [1.165, 1.54) is 18.2 Å². The van der Waals surface area contributed by atoms with E-state index in [0.717, 1.165) is 5.56 Å². The third kappa shape index (κ3) is 7.91. The quantitative estimate of drug-likeness (QED) is 0.245. The number of ether oxygens (including phenoxy) is 1. The SMILES string of the molecule is CCOC(=O)/C=C/[C@H](C[C@@H]1CCNC1=O)NC(=O)[C@@H]1CC[C@@H](c2ccccc2)N1C(=O)[C@@H](NC(=O)c1cc(C)on1)C(C)C. The number of aryl methyl sites for hydroxylation is 1. The van der Waals surface area contributed by atoms with Gasteiger partial charge in [-0.25, -0.2) is 4.79 Å². The average Bonchev–Trinajstić information content (AvgIpc) is 3.74. The number of aromatic nitrogens is 1. The molecule has 44 heavy (non-hydrogen) atoms. The van der Waals surface area contributed by atoms with Gasteiger partial charge in [0.15, 0.2) is 5.69 Å². The molecule has 12 nitrogen and oxygen atoms in total. The molecule has 0 unspecified atom stereocenters. The number of esters is 1. The molecule has 0 radical (unpaired) electrons. The van der Waals surface area contributed by atoms with Gasteiger partial charge in [0.25, 0.3) is 5.91 Å². The molecule has 1 aromatic carbocycles. The fraction of sp³-hybridized carbons (Fsp3) is 0.500. The molecule has 2 aromatic rings. The first-order valence-electron chi connectivity index (χ1n) is 15.1. The zero-order valence-corrected chi connectivity index (χ0v) is 25.6. The lowest BCUT2D eigenvalue weighted by Crippen LogP contribution is -2.56. The molecule has 3 heterocycles. The van der Waals surface area contributed by atoms with Crippen molar-refractivity contribution < 1.29 is 33.2 Å². The average molecular weight is 608 g/mol. The fourth-order valence-corrected chi connectivity index (χ4v) is 5.77. The van der Waals surface area contributed by atoms with Crippen molar-refractivity contribution >= 4 is 29.6 Å². The van der Waals surface area contributed by atoms with Gasteiger partial charge in [0.2, 0.25) is 17.7 Å². The lowest BCUT2D eigenvalue weighted by molar-refractivity contribution is -0.143. The Balaban J connectivity index is 1.60. The number of hydrogen-bond acceptors (Lipinski definition) is 8. The van der Waals surface area contributed by atoms with Gasteiger partial charge in [0, 0.05) is 30.6 Å². The molecule has 1 aromatic heterocycles. The van der Waals surface area contributed by atoms with Crippen LogP contribution in [0.25, 0.3) is 0 Å². The smallest absolute Gasteiger partial charge is 0.330 e. The highest BCUT2D eigenvalue weighted by Gasteiger charge is 2.45. The standard InChI is InChI=1S/C32H41N5O7/c1-5-43-27(38)14-11-23(18-22-15-16-33-29(22)39)34-31(41)26-13-12-25(21-9-7-6-8-10-21)37(26)32(42)28(19(2)3)35-30(40)24-17-20(4)44-36-24/h6-11,14,17,19,22-23,25-26,28H,5,12-13,15-16,18H2,1-4H3,(H,33,39)(H,34,41)(H,35,40)/b14-11+/t22-,23+,25-,26-,28-/m0/s1. The van der Waals surface area contributed by atoms with Gasteiger partial charge in [0.1, 0.15) is 17.8 Å². The van der Waals surface area contributed by atoms with E-state index >= 15 is 0 Å². The summed E-state index contributed by atoms with van der Waals surface area (Å²) in [4.78, 5) is 67.2. The molecule has 5 atom stereocenters. The molecule has 2 aliphatic heterocycles. The van der Waals surface area contributed by atoms with Crippen LogP contribution in [0.4, 0.5) is 0 Å². The van der Waals surface area contributed by atoms with E-state index < -0.39 is 47.9 Å². The largest absolute Gasteiger partial charge is 0.463 e. The molecule has 12 heteroatoms. The van der Waals surface area contributed by atoms with Crippen molar-refractivity contribution in [2.75, 3.05) is 13.2 Å². The number of rotatable bonds is 12. The highest BCUT2D eigenvalue weighted by Crippen LogP contribution is 2.37. The normalized spacial score (nSPS) is 21.2. The summed E-state index contributed by atoms with van der Waals surface area (Å²) in [5.74, 6) is -2.18.